The van der Waals surface area contributed by atoms with Gasteiger partial charge in [0.05, 0.1) is 5.92 Å². The van der Waals surface area contributed by atoms with E-state index in [0.717, 1.165) is 0 Å². The molecule has 1 aliphatic rings. The van der Waals surface area contributed by atoms with Gasteiger partial charge in [0.1, 0.15) is 10.2 Å². The number of carbonyl (C=O) groups is 1. The highest BCUT2D eigenvalue weighted by Crippen LogP contribution is 2.53. The first kappa shape index (κ1) is 11.7. The molecule has 0 aliphatic heterocycles. The third-order valence-corrected chi connectivity index (χ3v) is 3.42. The summed E-state index contributed by atoms with van der Waals surface area (Å²) in [5, 5.41) is 2.68. The van der Waals surface area contributed by atoms with E-state index in [1.165, 1.54) is 18.2 Å². The van der Waals surface area contributed by atoms with Crippen LogP contribution in [0.4, 0.5) is 10.1 Å². The van der Waals surface area contributed by atoms with E-state index in [4.69, 9.17) is 23.2 Å². The van der Waals surface area contributed by atoms with E-state index in [1.54, 1.807) is 6.92 Å². The molecule has 5 heteroatoms. The second kappa shape index (κ2) is 3.90. The Morgan fingerprint density at radius 2 is 2.19 bits per heavy atom. The van der Waals surface area contributed by atoms with Crippen LogP contribution in [-0.2, 0) is 4.79 Å². The van der Waals surface area contributed by atoms with Crippen molar-refractivity contribution >= 4 is 34.8 Å². The van der Waals surface area contributed by atoms with E-state index in [1.807, 2.05) is 0 Å². The predicted octanol–water partition coefficient (Wildman–Crippen LogP) is 3.27. The molecule has 0 bridgehead atoms. The first-order valence-electron chi connectivity index (χ1n) is 4.85. The molecule has 0 saturated heterocycles. The largest absolute Gasteiger partial charge is 0.326 e. The van der Waals surface area contributed by atoms with Crippen molar-refractivity contribution in [1.82, 2.24) is 0 Å². The Hall–Kier alpha value is -0.800. The Balaban J connectivity index is 2.07. The topological polar surface area (TPSA) is 29.1 Å². The fourth-order valence-electron chi connectivity index (χ4n) is 1.48. The van der Waals surface area contributed by atoms with Gasteiger partial charge in [-0.3, -0.25) is 4.79 Å². The van der Waals surface area contributed by atoms with Crippen LogP contribution in [0.3, 0.4) is 0 Å². The first-order valence-corrected chi connectivity index (χ1v) is 5.60. The van der Waals surface area contributed by atoms with Gasteiger partial charge in [0.15, 0.2) is 0 Å². The van der Waals surface area contributed by atoms with Gasteiger partial charge in [-0.15, -0.1) is 23.2 Å². The lowest BCUT2D eigenvalue weighted by Gasteiger charge is -2.08. The standard InChI is InChI=1S/C11H10Cl2FNO/c1-6-4-7(14)2-3-9(6)15-10(16)8-5-11(8,12)13/h2-4,8H,5H2,1H3,(H,15,16)/t8-/m1/s1. The summed E-state index contributed by atoms with van der Waals surface area (Å²) >= 11 is 11.6. The molecule has 86 valence electrons. The van der Waals surface area contributed by atoms with Crippen LogP contribution in [0.15, 0.2) is 18.2 Å². The van der Waals surface area contributed by atoms with E-state index in [-0.39, 0.29) is 17.6 Å². The third-order valence-electron chi connectivity index (χ3n) is 2.59. The number of rotatable bonds is 2. The van der Waals surface area contributed by atoms with Crippen molar-refractivity contribution in [3.05, 3.63) is 29.6 Å². The maximum Gasteiger partial charge on any atom is 0.230 e. The van der Waals surface area contributed by atoms with Crippen molar-refractivity contribution in [2.45, 2.75) is 17.7 Å². The number of hydrogen-bond acceptors (Lipinski definition) is 1. The van der Waals surface area contributed by atoms with Gasteiger partial charge in [0.25, 0.3) is 0 Å². The number of alkyl halides is 2. The minimum atomic E-state index is -0.933. The summed E-state index contributed by atoms with van der Waals surface area (Å²) in [6.45, 7) is 1.72. The lowest BCUT2D eigenvalue weighted by Crippen LogP contribution is -2.17. The van der Waals surface area contributed by atoms with E-state index in [2.05, 4.69) is 5.32 Å². The van der Waals surface area contributed by atoms with Crippen LogP contribution in [0.5, 0.6) is 0 Å². The monoisotopic (exact) mass is 261 g/mol. The van der Waals surface area contributed by atoms with Gasteiger partial charge in [-0.25, -0.2) is 4.39 Å². The summed E-state index contributed by atoms with van der Waals surface area (Å²) in [6, 6.07) is 4.18. The van der Waals surface area contributed by atoms with Crippen LogP contribution in [0, 0.1) is 18.7 Å². The quantitative estimate of drug-likeness (QED) is 0.814. The van der Waals surface area contributed by atoms with Crippen LogP contribution in [-0.4, -0.2) is 10.2 Å². The number of halogens is 3. The van der Waals surface area contributed by atoms with Gasteiger partial charge in [-0.2, -0.15) is 0 Å². The minimum absolute atomic E-state index is 0.222. The second-order valence-electron chi connectivity index (χ2n) is 3.97. The molecular formula is C11H10Cl2FNO. The molecule has 1 fully saturated rings. The zero-order chi connectivity index (χ0) is 11.9. The normalized spacial score (nSPS) is 21.6. The Morgan fingerprint density at radius 3 is 2.69 bits per heavy atom. The van der Waals surface area contributed by atoms with Crippen molar-refractivity contribution in [3.63, 3.8) is 0 Å². The molecule has 1 aromatic carbocycles. The molecule has 1 aromatic rings. The number of aryl methyl sites for hydroxylation is 1. The van der Waals surface area contributed by atoms with Crippen molar-refractivity contribution in [2.75, 3.05) is 5.32 Å². The molecule has 0 heterocycles. The summed E-state index contributed by atoms with van der Waals surface area (Å²) in [5.41, 5.74) is 1.26. The van der Waals surface area contributed by atoms with Crippen molar-refractivity contribution in [3.8, 4) is 0 Å². The molecule has 1 amide bonds. The number of amides is 1. The summed E-state index contributed by atoms with van der Waals surface area (Å²) in [6.07, 6.45) is 0.461. The molecule has 0 aromatic heterocycles. The van der Waals surface area contributed by atoms with E-state index >= 15 is 0 Å². The highest BCUT2D eigenvalue weighted by Gasteiger charge is 2.56. The highest BCUT2D eigenvalue weighted by atomic mass is 35.5. The number of anilines is 1. The molecule has 1 aliphatic carbocycles. The molecule has 0 unspecified atom stereocenters. The average Bonchev–Trinajstić information content (AvgIpc) is 2.80. The molecule has 0 spiro atoms. The molecule has 0 radical (unpaired) electrons. The number of nitrogens with one attached hydrogen (secondary N) is 1. The van der Waals surface area contributed by atoms with Gasteiger partial charge in [0, 0.05) is 5.69 Å². The maximum absolute atomic E-state index is 12.8. The van der Waals surface area contributed by atoms with Crippen LogP contribution in [0.2, 0.25) is 0 Å². The Labute approximate surface area is 103 Å². The van der Waals surface area contributed by atoms with Gasteiger partial charge < -0.3 is 5.32 Å². The summed E-state index contributed by atoms with van der Waals surface area (Å²) in [5.74, 6) is -0.925. The van der Waals surface area contributed by atoms with Gasteiger partial charge in [-0.05, 0) is 37.1 Å². The lowest BCUT2D eigenvalue weighted by molar-refractivity contribution is -0.117. The summed E-state index contributed by atoms with van der Waals surface area (Å²) < 4.78 is 11.9. The van der Waals surface area contributed by atoms with E-state index < -0.39 is 4.33 Å². The lowest BCUT2D eigenvalue weighted by atomic mass is 10.2. The number of hydrogen-bond donors (Lipinski definition) is 1. The molecule has 1 N–H and O–H groups in total. The van der Waals surface area contributed by atoms with Gasteiger partial charge in [0.2, 0.25) is 5.91 Å². The average molecular weight is 262 g/mol. The number of carbonyl (C=O) groups excluding carboxylic acids is 1. The summed E-state index contributed by atoms with van der Waals surface area (Å²) in [4.78, 5) is 11.7. The molecule has 2 nitrogen and oxygen atoms in total. The molecule has 1 saturated carbocycles. The Kier molecular flexibility index (Phi) is 2.84. The molecular weight excluding hydrogens is 252 g/mol. The van der Waals surface area contributed by atoms with Crippen molar-refractivity contribution in [1.29, 1.82) is 0 Å². The second-order valence-corrected chi connectivity index (χ2v) is 5.51. The fourth-order valence-corrected chi connectivity index (χ4v) is 1.99. The minimum Gasteiger partial charge on any atom is -0.326 e. The van der Waals surface area contributed by atoms with Crippen LogP contribution in [0.1, 0.15) is 12.0 Å². The molecule has 16 heavy (non-hydrogen) atoms. The molecule has 2 rings (SSSR count). The Morgan fingerprint density at radius 1 is 1.56 bits per heavy atom. The number of benzene rings is 1. The smallest absolute Gasteiger partial charge is 0.230 e. The Bertz CT molecular complexity index is 448. The van der Waals surface area contributed by atoms with Crippen molar-refractivity contribution in [2.24, 2.45) is 5.92 Å². The maximum atomic E-state index is 12.8. The SMILES string of the molecule is Cc1cc(F)ccc1NC(=O)[C@H]1CC1(Cl)Cl. The van der Waals surface area contributed by atoms with E-state index in [9.17, 15) is 9.18 Å². The fraction of sp³-hybridized carbons (Fsp3) is 0.364. The first-order chi connectivity index (χ1) is 7.40. The van der Waals surface area contributed by atoms with Crippen LogP contribution < -0.4 is 5.32 Å². The summed E-state index contributed by atoms with van der Waals surface area (Å²) in [7, 11) is 0. The van der Waals surface area contributed by atoms with Crippen molar-refractivity contribution < 1.29 is 9.18 Å². The predicted molar refractivity (Wildman–Crippen MR) is 62.3 cm³/mol. The zero-order valence-corrected chi connectivity index (χ0v) is 10.1. The van der Waals surface area contributed by atoms with Gasteiger partial charge >= 0.3 is 0 Å². The third kappa shape index (κ3) is 2.30. The molecule has 1 atom stereocenters. The highest BCUT2D eigenvalue weighted by molar-refractivity contribution is 6.52. The van der Waals surface area contributed by atoms with Crippen LogP contribution >= 0.6 is 23.2 Å². The zero-order valence-electron chi connectivity index (χ0n) is 8.56. The van der Waals surface area contributed by atoms with E-state index in [0.29, 0.717) is 17.7 Å². The van der Waals surface area contributed by atoms with Gasteiger partial charge in [-0.1, -0.05) is 0 Å². The van der Waals surface area contributed by atoms with Crippen LogP contribution in [0.25, 0.3) is 0 Å².